The highest BCUT2D eigenvalue weighted by atomic mass is 15.3. The molecular weight excluding hydrogens is 244 g/mol. The smallest absolute Gasteiger partial charge is 0.00997 e. The average Bonchev–Trinajstić information content (AvgIpc) is 2.68. The molecule has 1 fully saturated rings. The molecule has 0 unspecified atom stereocenters. The molecule has 0 spiro atoms. The fourth-order valence-corrected chi connectivity index (χ4v) is 2.86. The first-order valence-corrected chi connectivity index (χ1v) is 7.57. The van der Waals surface area contributed by atoms with Crippen LogP contribution in [0.15, 0.2) is 48.5 Å². The number of hydrogen-bond acceptors (Lipinski definition) is 2. The Morgan fingerprint density at radius 2 is 1.10 bits per heavy atom. The van der Waals surface area contributed by atoms with E-state index in [0.717, 1.165) is 19.5 Å². The van der Waals surface area contributed by atoms with Crippen LogP contribution in [0.3, 0.4) is 0 Å². The number of rotatable bonds is 0. The third-order valence-corrected chi connectivity index (χ3v) is 3.93. The van der Waals surface area contributed by atoms with Gasteiger partial charge in [0.1, 0.15) is 0 Å². The average molecular weight is 266 g/mol. The molecule has 0 saturated carbocycles. The van der Waals surface area contributed by atoms with Crippen molar-refractivity contribution in [1.29, 1.82) is 0 Å². The lowest BCUT2D eigenvalue weighted by atomic mass is 10.1. The van der Waals surface area contributed by atoms with Gasteiger partial charge in [-0.2, -0.15) is 0 Å². The first-order chi connectivity index (χ1) is 9.95. The zero-order valence-electron chi connectivity index (χ0n) is 11.9. The molecule has 2 N–H and O–H groups in total. The molecule has 104 valence electrons. The predicted molar refractivity (Wildman–Crippen MR) is 84.5 cm³/mol. The molecular formula is C18H22N2. The second-order valence-corrected chi connectivity index (χ2v) is 5.41. The molecule has 2 nitrogen and oxygen atoms in total. The minimum absolute atomic E-state index is 1.10. The number of hydrogen-bond donors (Lipinski definition) is 2. The van der Waals surface area contributed by atoms with Crippen molar-refractivity contribution in [3.8, 4) is 11.1 Å². The molecule has 1 saturated heterocycles. The van der Waals surface area contributed by atoms with Crippen LogP contribution in [-0.2, 0) is 6.42 Å². The van der Waals surface area contributed by atoms with Crippen LogP contribution < -0.4 is 10.9 Å². The molecule has 0 aromatic heterocycles. The molecule has 4 rings (SSSR count). The Balaban J connectivity index is 0.000000147. The maximum absolute atomic E-state index is 3.10. The van der Waals surface area contributed by atoms with E-state index < -0.39 is 0 Å². The maximum Gasteiger partial charge on any atom is 0.00997 e. The monoisotopic (exact) mass is 266 g/mol. The third kappa shape index (κ3) is 3.09. The normalized spacial score (nSPS) is 16.4. The summed E-state index contributed by atoms with van der Waals surface area (Å²) in [6, 6.07) is 17.3. The van der Waals surface area contributed by atoms with Crippen molar-refractivity contribution >= 4 is 0 Å². The van der Waals surface area contributed by atoms with Gasteiger partial charge < -0.3 is 0 Å². The molecule has 0 bridgehead atoms. The summed E-state index contributed by atoms with van der Waals surface area (Å²) in [4.78, 5) is 0. The van der Waals surface area contributed by atoms with Crippen molar-refractivity contribution in [2.75, 3.05) is 13.1 Å². The summed E-state index contributed by atoms with van der Waals surface area (Å²) in [5, 5.41) is 0. The zero-order valence-corrected chi connectivity index (χ0v) is 11.9. The van der Waals surface area contributed by atoms with Crippen LogP contribution in [0.4, 0.5) is 0 Å². The third-order valence-electron chi connectivity index (χ3n) is 3.93. The van der Waals surface area contributed by atoms with Crippen molar-refractivity contribution in [1.82, 2.24) is 10.9 Å². The SMILES string of the molecule is C1CCNNCC1.c1ccc2c(c1)Cc1ccccc1-2. The largest absolute Gasteiger partial charge is 0.258 e. The first kappa shape index (κ1) is 13.3. The Morgan fingerprint density at radius 1 is 0.600 bits per heavy atom. The highest BCUT2D eigenvalue weighted by Gasteiger charge is 2.15. The second-order valence-electron chi connectivity index (χ2n) is 5.41. The highest BCUT2D eigenvalue weighted by molar-refractivity contribution is 5.76. The van der Waals surface area contributed by atoms with Gasteiger partial charge in [-0.1, -0.05) is 55.0 Å². The highest BCUT2D eigenvalue weighted by Crippen LogP contribution is 2.35. The summed E-state index contributed by atoms with van der Waals surface area (Å²) in [7, 11) is 0. The molecule has 2 heteroatoms. The van der Waals surface area contributed by atoms with Gasteiger partial charge in [0.2, 0.25) is 0 Å². The molecule has 2 aromatic rings. The molecule has 1 heterocycles. The van der Waals surface area contributed by atoms with E-state index in [1.807, 2.05) is 0 Å². The van der Waals surface area contributed by atoms with Crippen LogP contribution in [-0.4, -0.2) is 13.1 Å². The number of benzene rings is 2. The van der Waals surface area contributed by atoms with Gasteiger partial charge in [0.25, 0.3) is 0 Å². The van der Waals surface area contributed by atoms with Gasteiger partial charge >= 0.3 is 0 Å². The van der Waals surface area contributed by atoms with E-state index in [1.54, 1.807) is 0 Å². The number of nitrogens with one attached hydrogen (secondary N) is 2. The Bertz CT molecular complexity index is 500. The predicted octanol–water partition coefficient (Wildman–Crippen LogP) is 3.52. The van der Waals surface area contributed by atoms with Gasteiger partial charge in [0.15, 0.2) is 0 Å². The lowest BCUT2D eigenvalue weighted by molar-refractivity contribution is 0.573. The fourth-order valence-electron chi connectivity index (χ4n) is 2.86. The van der Waals surface area contributed by atoms with Gasteiger partial charge in [-0.3, -0.25) is 10.9 Å². The van der Waals surface area contributed by atoms with E-state index in [1.165, 1.54) is 41.5 Å². The van der Waals surface area contributed by atoms with E-state index in [4.69, 9.17) is 0 Å². The summed E-state index contributed by atoms with van der Waals surface area (Å²) in [6.07, 6.45) is 5.13. The van der Waals surface area contributed by atoms with E-state index in [0.29, 0.717) is 0 Å². The van der Waals surface area contributed by atoms with Gasteiger partial charge in [0, 0.05) is 13.1 Å². The van der Waals surface area contributed by atoms with Gasteiger partial charge in [-0.05, 0) is 41.5 Å². The van der Waals surface area contributed by atoms with E-state index in [9.17, 15) is 0 Å². The summed E-state index contributed by atoms with van der Waals surface area (Å²) in [6.45, 7) is 2.28. The molecule has 0 atom stereocenters. The Labute approximate surface area is 121 Å². The van der Waals surface area contributed by atoms with Crippen molar-refractivity contribution in [2.45, 2.75) is 25.7 Å². The lowest BCUT2D eigenvalue weighted by Gasteiger charge is -1.98. The molecule has 0 amide bonds. The van der Waals surface area contributed by atoms with E-state index >= 15 is 0 Å². The van der Waals surface area contributed by atoms with Gasteiger partial charge in [-0.25, -0.2) is 0 Å². The minimum atomic E-state index is 1.10. The van der Waals surface area contributed by atoms with Crippen LogP contribution in [0.1, 0.15) is 30.4 Å². The first-order valence-electron chi connectivity index (χ1n) is 7.57. The topological polar surface area (TPSA) is 24.1 Å². The fraction of sp³-hybridized carbons (Fsp3) is 0.333. The zero-order chi connectivity index (χ0) is 13.6. The van der Waals surface area contributed by atoms with Gasteiger partial charge in [0.05, 0.1) is 0 Å². The van der Waals surface area contributed by atoms with Gasteiger partial charge in [-0.15, -0.1) is 0 Å². The van der Waals surface area contributed by atoms with Crippen molar-refractivity contribution in [2.24, 2.45) is 0 Å². The Morgan fingerprint density at radius 3 is 1.65 bits per heavy atom. The lowest BCUT2D eigenvalue weighted by Crippen LogP contribution is -2.30. The molecule has 20 heavy (non-hydrogen) atoms. The molecule has 2 aromatic carbocycles. The maximum atomic E-state index is 3.10. The van der Waals surface area contributed by atoms with Crippen LogP contribution in [0.25, 0.3) is 11.1 Å². The van der Waals surface area contributed by atoms with Crippen LogP contribution in [0.5, 0.6) is 0 Å². The number of hydrazine groups is 1. The standard InChI is InChI=1S/C13H10.C5H12N2/c1-3-7-12-10(5-1)9-11-6-2-4-8-13(11)12;1-2-4-6-7-5-3-1/h1-8H,9H2;6-7H,1-5H2. The van der Waals surface area contributed by atoms with Crippen LogP contribution >= 0.6 is 0 Å². The van der Waals surface area contributed by atoms with E-state index in [2.05, 4.69) is 59.4 Å². The van der Waals surface area contributed by atoms with Crippen molar-refractivity contribution < 1.29 is 0 Å². The van der Waals surface area contributed by atoms with Crippen molar-refractivity contribution in [3.05, 3.63) is 59.7 Å². The van der Waals surface area contributed by atoms with E-state index in [-0.39, 0.29) is 0 Å². The molecule has 0 radical (unpaired) electrons. The summed E-state index contributed by atoms with van der Waals surface area (Å²) >= 11 is 0. The molecule has 2 aliphatic rings. The summed E-state index contributed by atoms with van der Waals surface area (Å²) in [5.74, 6) is 0. The molecule has 1 aliphatic heterocycles. The molecule has 1 aliphatic carbocycles. The summed E-state index contributed by atoms with van der Waals surface area (Å²) in [5.41, 5.74) is 11.9. The van der Waals surface area contributed by atoms with Crippen molar-refractivity contribution in [3.63, 3.8) is 0 Å². The summed E-state index contributed by atoms with van der Waals surface area (Å²) < 4.78 is 0. The van der Waals surface area contributed by atoms with Crippen LogP contribution in [0, 0.1) is 0 Å². The minimum Gasteiger partial charge on any atom is -0.258 e. The number of fused-ring (bicyclic) bond motifs is 3. The second kappa shape index (κ2) is 6.69. The Hall–Kier alpha value is -1.64. The van der Waals surface area contributed by atoms with Crippen LogP contribution in [0.2, 0.25) is 0 Å². The quantitative estimate of drug-likeness (QED) is 0.650. The Kier molecular flexibility index (Phi) is 4.46.